The Hall–Kier alpha value is -2.15. The molecule has 2 aliphatic rings. The summed E-state index contributed by atoms with van der Waals surface area (Å²) in [6.07, 6.45) is 7.89. The van der Waals surface area contributed by atoms with Crippen molar-refractivity contribution >= 4 is 5.91 Å². The number of nitrogens with zero attached hydrogens (tertiary/aromatic N) is 4. The van der Waals surface area contributed by atoms with Gasteiger partial charge < -0.3 is 9.73 Å². The van der Waals surface area contributed by atoms with Crippen LogP contribution in [0.4, 0.5) is 0 Å². The van der Waals surface area contributed by atoms with Crippen LogP contribution in [-0.4, -0.2) is 38.2 Å². The maximum atomic E-state index is 12.3. The molecule has 7 heteroatoms. The third-order valence-corrected chi connectivity index (χ3v) is 5.73. The summed E-state index contributed by atoms with van der Waals surface area (Å²) in [5, 5.41) is 7.63. The van der Waals surface area contributed by atoms with E-state index in [0.717, 1.165) is 37.8 Å². The van der Waals surface area contributed by atoms with E-state index in [1.54, 1.807) is 13.8 Å². The second-order valence-corrected chi connectivity index (χ2v) is 7.79. The minimum atomic E-state index is -0.212. The van der Waals surface area contributed by atoms with Gasteiger partial charge in [-0.3, -0.25) is 14.4 Å². The Kier molecular flexibility index (Phi) is 5.29. The van der Waals surface area contributed by atoms with Gasteiger partial charge in [0.1, 0.15) is 5.76 Å². The highest BCUT2D eigenvalue weighted by molar-refractivity contribution is 5.93. The first-order chi connectivity index (χ1) is 13.1. The minimum Gasteiger partial charge on any atom is -0.445 e. The van der Waals surface area contributed by atoms with Gasteiger partial charge in [-0.2, -0.15) is 5.10 Å². The Balaban J connectivity index is 1.40. The average molecular weight is 371 g/mol. The Morgan fingerprint density at radius 3 is 2.78 bits per heavy atom. The molecule has 0 radical (unpaired) electrons. The fourth-order valence-electron chi connectivity index (χ4n) is 4.38. The van der Waals surface area contributed by atoms with Crippen molar-refractivity contribution in [1.29, 1.82) is 0 Å². The lowest BCUT2D eigenvalue weighted by Crippen LogP contribution is -2.36. The highest BCUT2D eigenvalue weighted by atomic mass is 16.4. The normalized spacial score (nSPS) is 18.9. The molecule has 0 aromatic carbocycles. The van der Waals surface area contributed by atoms with Gasteiger partial charge in [-0.25, -0.2) is 4.98 Å². The number of amides is 1. The molecule has 2 aromatic heterocycles. The van der Waals surface area contributed by atoms with Crippen LogP contribution in [0.2, 0.25) is 0 Å². The molecule has 1 fully saturated rings. The van der Waals surface area contributed by atoms with E-state index < -0.39 is 0 Å². The van der Waals surface area contributed by atoms with Crippen LogP contribution in [0.15, 0.2) is 10.5 Å². The zero-order valence-electron chi connectivity index (χ0n) is 16.3. The summed E-state index contributed by atoms with van der Waals surface area (Å²) in [6.45, 7) is 6.99. The molecule has 1 amide bonds. The highest BCUT2D eigenvalue weighted by Crippen LogP contribution is 2.26. The van der Waals surface area contributed by atoms with E-state index in [1.807, 2.05) is 0 Å². The Morgan fingerprint density at radius 1 is 1.22 bits per heavy atom. The number of carbonyl (C=O) groups excluding carboxylic acids is 1. The molecule has 0 spiro atoms. The standard InChI is InChI=1S/C20H29N5O2/c1-14-19(22-15(2)27-14)20(26)21-12-16-11-18-13-24(9-6-10-25(18)23-16)17-7-4-3-5-8-17/h11,17H,3-10,12-13H2,1-2H3,(H,21,26). The number of nitrogens with one attached hydrogen (secondary N) is 1. The molecule has 1 N–H and O–H groups in total. The predicted molar refractivity (Wildman–Crippen MR) is 101 cm³/mol. The van der Waals surface area contributed by atoms with Gasteiger partial charge in [0.25, 0.3) is 5.91 Å². The number of hydrogen-bond acceptors (Lipinski definition) is 5. The molecule has 146 valence electrons. The van der Waals surface area contributed by atoms with Crippen LogP contribution in [0.3, 0.4) is 0 Å². The molecule has 1 aliphatic heterocycles. The molecule has 0 saturated heterocycles. The number of fused-ring (bicyclic) bond motifs is 1. The molecule has 1 aliphatic carbocycles. The summed E-state index contributed by atoms with van der Waals surface area (Å²) in [6, 6.07) is 2.87. The first kappa shape index (κ1) is 18.2. The lowest BCUT2D eigenvalue weighted by atomic mass is 9.94. The Morgan fingerprint density at radius 2 is 2.04 bits per heavy atom. The van der Waals surface area contributed by atoms with Crippen molar-refractivity contribution in [3.63, 3.8) is 0 Å². The fraction of sp³-hybridized carbons (Fsp3) is 0.650. The predicted octanol–water partition coefficient (Wildman–Crippen LogP) is 2.96. The van der Waals surface area contributed by atoms with Gasteiger partial charge in [-0.15, -0.1) is 0 Å². The summed E-state index contributed by atoms with van der Waals surface area (Å²) in [7, 11) is 0. The van der Waals surface area contributed by atoms with Crippen molar-refractivity contribution in [2.45, 2.75) is 78.0 Å². The zero-order chi connectivity index (χ0) is 18.8. The fourth-order valence-corrected chi connectivity index (χ4v) is 4.38. The van der Waals surface area contributed by atoms with E-state index in [0.29, 0.717) is 23.9 Å². The maximum absolute atomic E-state index is 12.3. The third kappa shape index (κ3) is 4.08. The number of aryl methyl sites for hydroxylation is 3. The number of oxazole rings is 1. The highest BCUT2D eigenvalue weighted by Gasteiger charge is 2.25. The van der Waals surface area contributed by atoms with E-state index >= 15 is 0 Å². The lowest BCUT2D eigenvalue weighted by Gasteiger charge is -2.33. The van der Waals surface area contributed by atoms with Crippen LogP contribution >= 0.6 is 0 Å². The average Bonchev–Trinajstić information content (AvgIpc) is 3.15. The Bertz CT molecular complexity index is 803. The summed E-state index contributed by atoms with van der Waals surface area (Å²) >= 11 is 0. The van der Waals surface area contributed by atoms with Crippen LogP contribution < -0.4 is 5.32 Å². The molecule has 4 rings (SSSR count). The summed E-state index contributed by atoms with van der Waals surface area (Å²) in [4.78, 5) is 19.1. The van der Waals surface area contributed by atoms with Gasteiger partial charge in [0.2, 0.25) is 0 Å². The second-order valence-electron chi connectivity index (χ2n) is 7.79. The third-order valence-electron chi connectivity index (χ3n) is 5.73. The minimum absolute atomic E-state index is 0.212. The largest absolute Gasteiger partial charge is 0.445 e. The van der Waals surface area contributed by atoms with Crippen molar-refractivity contribution in [3.8, 4) is 0 Å². The number of carbonyl (C=O) groups is 1. The van der Waals surface area contributed by atoms with Crippen molar-refractivity contribution in [2.24, 2.45) is 0 Å². The maximum Gasteiger partial charge on any atom is 0.273 e. The van der Waals surface area contributed by atoms with E-state index in [2.05, 4.69) is 25.9 Å². The van der Waals surface area contributed by atoms with Gasteiger partial charge in [0.05, 0.1) is 17.9 Å². The van der Waals surface area contributed by atoms with Crippen molar-refractivity contribution in [3.05, 3.63) is 34.8 Å². The second kappa shape index (κ2) is 7.84. The summed E-state index contributed by atoms with van der Waals surface area (Å²) < 4.78 is 7.46. The SMILES string of the molecule is Cc1nc(C(=O)NCc2cc3n(n2)CCCN(C2CCCCC2)C3)c(C)o1. The number of rotatable bonds is 4. The van der Waals surface area contributed by atoms with Gasteiger partial charge in [-0.05, 0) is 32.3 Å². The van der Waals surface area contributed by atoms with Crippen LogP contribution in [-0.2, 0) is 19.6 Å². The molecule has 1 saturated carbocycles. The molecular formula is C20H29N5O2. The van der Waals surface area contributed by atoms with Crippen LogP contribution in [0.5, 0.6) is 0 Å². The van der Waals surface area contributed by atoms with Crippen LogP contribution in [0, 0.1) is 13.8 Å². The van der Waals surface area contributed by atoms with Crippen molar-refractivity contribution in [1.82, 2.24) is 25.0 Å². The molecule has 0 bridgehead atoms. The van der Waals surface area contributed by atoms with Crippen LogP contribution in [0.1, 0.15) is 72.1 Å². The Labute approximate surface area is 160 Å². The smallest absolute Gasteiger partial charge is 0.273 e. The lowest BCUT2D eigenvalue weighted by molar-refractivity contribution is 0.0944. The quantitative estimate of drug-likeness (QED) is 0.894. The van der Waals surface area contributed by atoms with Gasteiger partial charge in [0, 0.05) is 32.6 Å². The monoisotopic (exact) mass is 371 g/mol. The number of hydrogen-bond donors (Lipinski definition) is 1. The van der Waals surface area contributed by atoms with Gasteiger partial charge >= 0.3 is 0 Å². The topological polar surface area (TPSA) is 76.2 Å². The molecule has 0 atom stereocenters. The molecule has 7 nitrogen and oxygen atoms in total. The zero-order valence-corrected chi connectivity index (χ0v) is 16.3. The van der Waals surface area contributed by atoms with E-state index in [-0.39, 0.29) is 5.91 Å². The van der Waals surface area contributed by atoms with Crippen molar-refractivity contribution in [2.75, 3.05) is 6.54 Å². The first-order valence-corrected chi connectivity index (χ1v) is 10.1. The van der Waals surface area contributed by atoms with Gasteiger partial charge in [-0.1, -0.05) is 19.3 Å². The summed E-state index contributed by atoms with van der Waals surface area (Å²) in [5.74, 6) is 0.847. The van der Waals surface area contributed by atoms with Crippen molar-refractivity contribution < 1.29 is 9.21 Å². The first-order valence-electron chi connectivity index (χ1n) is 10.1. The molecule has 3 heterocycles. The number of aromatic nitrogens is 3. The molecule has 0 unspecified atom stereocenters. The van der Waals surface area contributed by atoms with Crippen LogP contribution in [0.25, 0.3) is 0 Å². The summed E-state index contributed by atoms with van der Waals surface area (Å²) in [5.41, 5.74) is 2.52. The van der Waals surface area contributed by atoms with E-state index in [1.165, 1.54) is 37.8 Å². The van der Waals surface area contributed by atoms with E-state index in [9.17, 15) is 4.79 Å². The molecule has 2 aromatic rings. The molecule has 27 heavy (non-hydrogen) atoms. The van der Waals surface area contributed by atoms with E-state index in [4.69, 9.17) is 9.52 Å². The molecular weight excluding hydrogens is 342 g/mol. The van der Waals surface area contributed by atoms with Gasteiger partial charge in [0.15, 0.2) is 11.6 Å².